The average molecular weight is 262 g/mol. The number of hydrogen-bond donors (Lipinski definition) is 3. The summed E-state index contributed by atoms with van der Waals surface area (Å²) in [6, 6.07) is -0.715. The SMILES string of the molecule is N[C@@H](CO)c1noc(CNS(=O)(=O)C2CC2)n1. The van der Waals surface area contributed by atoms with Gasteiger partial charge >= 0.3 is 0 Å². The molecule has 0 saturated heterocycles. The number of nitrogens with one attached hydrogen (secondary N) is 1. The van der Waals surface area contributed by atoms with Crippen LogP contribution < -0.4 is 10.5 Å². The summed E-state index contributed by atoms with van der Waals surface area (Å²) in [5, 5.41) is 12.0. The van der Waals surface area contributed by atoms with Crippen molar-refractivity contribution in [3.63, 3.8) is 0 Å². The average Bonchev–Trinajstić information content (AvgIpc) is 3.06. The van der Waals surface area contributed by atoms with Crippen molar-refractivity contribution in [1.82, 2.24) is 14.9 Å². The van der Waals surface area contributed by atoms with Gasteiger partial charge in [-0.1, -0.05) is 5.16 Å². The maximum Gasteiger partial charge on any atom is 0.241 e. The number of sulfonamides is 1. The van der Waals surface area contributed by atoms with Crippen LogP contribution in [0.2, 0.25) is 0 Å². The molecule has 0 spiro atoms. The van der Waals surface area contributed by atoms with E-state index in [1.54, 1.807) is 0 Å². The molecule has 1 fully saturated rings. The van der Waals surface area contributed by atoms with E-state index in [1.165, 1.54) is 0 Å². The molecule has 1 aromatic rings. The second-order valence-electron chi connectivity index (χ2n) is 3.90. The third-order valence-corrected chi connectivity index (χ3v) is 4.30. The minimum absolute atomic E-state index is 0.0516. The summed E-state index contributed by atoms with van der Waals surface area (Å²) >= 11 is 0. The molecule has 9 heteroatoms. The number of aliphatic hydroxyl groups excluding tert-OH is 1. The molecule has 0 aliphatic heterocycles. The minimum atomic E-state index is -3.26. The van der Waals surface area contributed by atoms with Gasteiger partial charge in [0.2, 0.25) is 15.9 Å². The van der Waals surface area contributed by atoms with E-state index in [0.29, 0.717) is 12.8 Å². The molecule has 0 bridgehead atoms. The van der Waals surface area contributed by atoms with Crippen molar-refractivity contribution < 1.29 is 18.0 Å². The van der Waals surface area contributed by atoms with Crippen LogP contribution in [0.25, 0.3) is 0 Å². The topological polar surface area (TPSA) is 131 Å². The summed E-state index contributed by atoms with van der Waals surface area (Å²) in [7, 11) is -3.26. The second kappa shape index (κ2) is 4.69. The summed E-state index contributed by atoms with van der Waals surface area (Å²) in [4.78, 5) is 3.87. The summed E-state index contributed by atoms with van der Waals surface area (Å²) < 4.78 is 30.2. The van der Waals surface area contributed by atoms with Gasteiger partial charge in [0, 0.05) is 0 Å². The first kappa shape index (κ1) is 12.4. The Morgan fingerprint density at radius 1 is 1.59 bits per heavy atom. The largest absolute Gasteiger partial charge is 0.394 e. The second-order valence-corrected chi connectivity index (χ2v) is 5.95. The van der Waals surface area contributed by atoms with Crippen LogP contribution in [0, 0.1) is 0 Å². The van der Waals surface area contributed by atoms with Gasteiger partial charge in [0.05, 0.1) is 24.4 Å². The Hall–Kier alpha value is -1.03. The smallest absolute Gasteiger partial charge is 0.241 e. The van der Waals surface area contributed by atoms with Gasteiger partial charge in [-0.25, -0.2) is 13.1 Å². The third-order valence-electron chi connectivity index (χ3n) is 2.40. The van der Waals surface area contributed by atoms with Crippen LogP contribution in [0.3, 0.4) is 0 Å². The van der Waals surface area contributed by atoms with E-state index in [-0.39, 0.29) is 30.1 Å². The van der Waals surface area contributed by atoms with Gasteiger partial charge in [0.15, 0.2) is 5.82 Å². The molecule has 2 rings (SSSR count). The standard InChI is InChI=1S/C8H14N4O4S/c9-6(4-13)8-11-7(16-12-8)3-10-17(14,15)5-1-2-5/h5-6,10,13H,1-4,9H2/t6-/m0/s1. The van der Waals surface area contributed by atoms with Crippen LogP contribution in [0.4, 0.5) is 0 Å². The number of rotatable bonds is 6. The molecule has 1 aromatic heterocycles. The van der Waals surface area contributed by atoms with Crippen LogP contribution >= 0.6 is 0 Å². The molecule has 8 nitrogen and oxygen atoms in total. The molecular formula is C8H14N4O4S. The predicted octanol–water partition coefficient (Wildman–Crippen LogP) is -1.36. The third kappa shape index (κ3) is 3.00. The Morgan fingerprint density at radius 3 is 2.88 bits per heavy atom. The van der Waals surface area contributed by atoms with Gasteiger partial charge in [0.25, 0.3) is 0 Å². The van der Waals surface area contributed by atoms with Gasteiger partial charge in [-0.3, -0.25) is 0 Å². The number of nitrogens with zero attached hydrogens (tertiary/aromatic N) is 2. The highest BCUT2D eigenvalue weighted by molar-refractivity contribution is 7.90. The van der Waals surface area contributed by atoms with Gasteiger partial charge in [-0.2, -0.15) is 4.98 Å². The molecule has 1 atom stereocenters. The van der Waals surface area contributed by atoms with Gasteiger partial charge in [0.1, 0.15) is 0 Å². The lowest BCUT2D eigenvalue weighted by molar-refractivity contribution is 0.259. The Morgan fingerprint density at radius 2 is 2.29 bits per heavy atom. The van der Waals surface area contributed by atoms with Crippen molar-refractivity contribution >= 4 is 10.0 Å². The molecule has 1 heterocycles. The fourth-order valence-electron chi connectivity index (χ4n) is 1.23. The summed E-state index contributed by atoms with van der Waals surface area (Å²) in [5.74, 6) is 0.293. The number of hydrogen-bond acceptors (Lipinski definition) is 7. The molecule has 0 amide bonds. The van der Waals surface area contributed by atoms with E-state index in [1.807, 2.05) is 0 Å². The molecular weight excluding hydrogens is 248 g/mol. The monoisotopic (exact) mass is 262 g/mol. The quantitative estimate of drug-likeness (QED) is 0.577. The van der Waals surface area contributed by atoms with Gasteiger partial charge in [-0.05, 0) is 12.8 Å². The zero-order chi connectivity index (χ0) is 12.5. The fourth-order valence-corrected chi connectivity index (χ4v) is 2.55. The van der Waals surface area contributed by atoms with Crippen molar-refractivity contribution in [1.29, 1.82) is 0 Å². The van der Waals surface area contributed by atoms with E-state index >= 15 is 0 Å². The lowest BCUT2D eigenvalue weighted by Crippen LogP contribution is -2.26. The summed E-state index contributed by atoms with van der Waals surface area (Å²) in [6.07, 6.45) is 1.39. The van der Waals surface area contributed by atoms with E-state index in [9.17, 15) is 8.42 Å². The van der Waals surface area contributed by atoms with E-state index < -0.39 is 16.1 Å². The highest BCUT2D eigenvalue weighted by Gasteiger charge is 2.35. The molecule has 1 saturated carbocycles. The van der Waals surface area contributed by atoms with E-state index in [0.717, 1.165) is 0 Å². The molecule has 0 radical (unpaired) electrons. The number of aromatic nitrogens is 2. The van der Waals surface area contributed by atoms with Crippen LogP contribution in [0.15, 0.2) is 4.52 Å². The first-order valence-electron chi connectivity index (χ1n) is 5.20. The van der Waals surface area contributed by atoms with Crippen molar-refractivity contribution in [2.24, 2.45) is 5.73 Å². The first-order valence-corrected chi connectivity index (χ1v) is 6.75. The minimum Gasteiger partial charge on any atom is -0.394 e. The molecule has 1 aliphatic rings. The highest BCUT2D eigenvalue weighted by atomic mass is 32.2. The van der Waals surface area contributed by atoms with Crippen molar-refractivity contribution in [2.45, 2.75) is 30.7 Å². The maximum absolute atomic E-state index is 11.5. The lowest BCUT2D eigenvalue weighted by Gasteiger charge is -2.01. The predicted molar refractivity (Wildman–Crippen MR) is 57.1 cm³/mol. The van der Waals surface area contributed by atoms with Crippen LogP contribution in [-0.2, 0) is 16.6 Å². The molecule has 0 unspecified atom stereocenters. The molecule has 1 aliphatic carbocycles. The maximum atomic E-state index is 11.5. The Bertz CT molecular complexity index is 481. The van der Waals surface area contributed by atoms with Crippen LogP contribution in [-0.4, -0.2) is 35.5 Å². The molecule has 17 heavy (non-hydrogen) atoms. The Kier molecular flexibility index (Phi) is 3.43. The Balaban J connectivity index is 1.93. The normalized spacial score (nSPS) is 18.2. The summed E-state index contributed by atoms with van der Waals surface area (Å²) in [6.45, 7) is -0.350. The van der Waals surface area contributed by atoms with E-state index in [4.69, 9.17) is 15.4 Å². The van der Waals surface area contributed by atoms with Gasteiger partial charge < -0.3 is 15.4 Å². The number of aliphatic hydroxyl groups is 1. The molecule has 96 valence electrons. The molecule has 4 N–H and O–H groups in total. The Labute approximate surface area is 98.2 Å². The first-order chi connectivity index (χ1) is 8.03. The number of nitrogens with two attached hydrogens (primary N) is 1. The van der Waals surface area contributed by atoms with Gasteiger partial charge in [-0.15, -0.1) is 0 Å². The fraction of sp³-hybridized carbons (Fsp3) is 0.750. The molecule has 0 aromatic carbocycles. The van der Waals surface area contributed by atoms with E-state index in [2.05, 4.69) is 14.9 Å². The zero-order valence-electron chi connectivity index (χ0n) is 9.04. The van der Waals surface area contributed by atoms with Crippen molar-refractivity contribution in [3.05, 3.63) is 11.7 Å². The van der Waals surface area contributed by atoms with Crippen molar-refractivity contribution in [3.8, 4) is 0 Å². The van der Waals surface area contributed by atoms with Crippen LogP contribution in [0.5, 0.6) is 0 Å². The van der Waals surface area contributed by atoms with Crippen molar-refractivity contribution in [2.75, 3.05) is 6.61 Å². The summed E-state index contributed by atoms with van der Waals surface area (Å²) in [5.41, 5.74) is 5.47. The van der Waals surface area contributed by atoms with Crippen LogP contribution in [0.1, 0.15) is 30.6 Å². The zero-order valence-corrected chi connectivity index (χ0v) is 9.85. The highest BCUT2D eigenvalue weighted by Crippen LogP contribution is 2.27. The lowest BCUT2D eigenvalue weighted by atomic mass is 10.3.